The van der Waals surface area contributed by atoms with Gasteiger partial charge in [-0.05, 0) is 32.0 Å². The summed E-state index contributed by atoms with van der Waals surface area (Å²) in [6.07, 6.45) is 0. The number of urea groups is 1. The quantitative estimate of drug-likeness (QED) is 0.899. The van der Waals surface area contributed by atoms with Crippen molar-refractivity contribution in [1.29, 1.82) is 0 Å². The third-order valence-electron chi connectivity index (χ3n) is 3.85. The van der Waals surface area contributed by atoms with E-state index in [9.17, 15) is 4.79 Å². The average molecular weight is 261 g/mol. The van der Waals surface area contributed by atoms with Crippen LogP contribution in [0.5, 0.6) is 0 Å². The first kappa shape index (κ1) is 13.9. The largest absolute Gasteiger partial charge is 0.326 e. The van der Waals surface area contributed by atoms with E-state index in [0.717, 1.165) is 19.6 Å². The zero-order valence-electron chi connectivity index (χ0n) is 12.2. The molecule has 1 aliphatic heterocycles. The molecule has 2 amide bonds. The van der Waals surface area contributed by atoms with Crippen LogP contribution in [0.1, 0.15) is 22.7 Å². The second-order valence-electron chi connectivity index (χ2n) is 5.35. The van der Waals surface area contributed by atoms with Gasteiger partial charge in [0.25, 0.3) is 0 Å². The van der Waals surface area contributed by atoms with Crippen molar-refractivity contribution in [3.8, 4) is 0 Å². The molecule has 4 nitrogen and oxygen atoms in total. The van der Waals surface area contributed by atoms with Gasteiger partial charge in [0.15, 0.2) is 0 Å². The molecular formula is C15H23N3O. The maximum absolute atomic E-state index is 12.0. The first-order valence-corrected chi connectivity index (χ1v) is 6.77. The Morgan fingerprint density at radius 3 is 2.58 bits per heavy atom. The topological polar surface area (TPSA) is 35.6 Å². The summed E-state index contributed by atoms with van der Waals surface area (Å²) in [5.74, 6) is 0. The number of hydrogen-bond donors (Lipinski definition) is 1. The number of carbonyl (C=O) groups is 1. The summed E-state index contributed by atoms with van der Waals surface area (Å²) in [5.41, 5.74) is 3.82. The van der Waals surface area contributed by atoms with Gasteiger partial charge in [-0.2, -0.15) is 0 Å². The van der Waals surface area contributed by atoms with Gasteiger partial charge in [-0.15, -0.1) is 0 Å². The van der Waals surface area contributed by atoms with Crippen LogP contribution in [0.4, 0.5) is 4.79 Å². The number of likely N-dealkylation sites (N-methyl/N-ethyl adjacent to an activating group) is 2. The predicted molar refractivity (Wildman–Crippen MR) is 77.3 cm³/mol. The minimum absolute atomic E-state index is 0.130. The molecule has 1 aliphatic rings. The normalized spacial score (nSPS) is 17.2. The van der Waals surface area contributed by atoms with Gasteiger partial charge in [-0.1, -0.05) is 23.8 Å². The van der Waals surface area contributed by atoms with Crippen LogP contribution in [-0.4, -0.2) is 49.6 Å². The Hall–Kier alpha value is -1.55. The predicted octanol–water partition coefficient (Wildman–Crippen LogP) is 1.93. The lowest BCUT2D eigenvalue weighted by Crippen LogP contribution is -2.36. The number of nitrogens with zero attached hydrogens (tertiary/aromatic N) is 2. The van der Waals surface area contributed by atoms with Crippen molar-refractivity contribution in [3.63, 3.8) is 0 Å². The molecule has 19 heavy (non-hydrogen) atoms. The smallest absolute Gasteiger partial charge is 0.319 e. The molecule has 1 unspecified atom stereocenters. The molecule has 1 fully saturated rings. The van der Waals surface area contributed by atoms with Crippen molar-refractivity contribution in [1.82, 2.24) is 15.1 Å². The van der Waals surface area contributed by atoms with E-state index in [1.54, 1.807) is 4.90 Å². The number of aryl methyl sites for hydroxylation is 2. The van der Waals surface area contributed by atoms with Gasteiger partial charge in [-0.25, -0.2) is 4.79 Å². The zero-order valence-corrected chi connectivity index (χ0v) is 12.2. The standard InChI is InChI=1S/C15H23N3O/c1-11-5-6-13(12(2)9-11)14(16-3)10-18-8-7-17(4)15(18)19/h5-6,9,14,16H,7-8,10H2,1-4H3. The summed E-state index contributed by atoms with van der Waals surface area (Å²) >= 11 is 0. The van der Waals surface area contributed by atoms with Crippen LogP contribution in [0.15, 0.2) is 18.2 Å². The summed E-state index contributed by atoms with van der Waals surface area (Å²) in [6, 6.07) is 6.80. The van der Waals surface area contributed by atoms with Crippen LogP contribution < -0.4 is 5.32 Å². The number of benzene rings is 1. The van der Waals surface area contributed by atoms with E-state index >= 15 is 0 Å². The molecule has 104 valence electrons. The highest BCUT2D eigenvalue weighted by molar-refractivity contribution is 5.76. The Morgan fingerprint density at radius 1 is 1.32 bits per heavy atom. The monoisotopic (exact) mass is 261 g/mol. The van der Waals surface area contributed by atoms with Crippen molar-refractivity contribution in [2.24, 2.45) is 0 Å². The van der Waals surface area contributed by atoms with E-state index < -0.39 is 0 Å². The van der Waals surface area contributed by atoms with Crippen molar-refractivity contribution >= 4 is 6.03 Å². The van der Waals surface area contributed by atoms with Crippen LogP contribution in [0, 0.1) is 13.8 Å². The van der Waals surface area contributed by atoms with E-state index in [4.69, 9.17) is 0 Å². The minimum Gasteiger partial charge on any atom is -0.326 e. The fourth-order valence-corrected chi connectivity index (χ4v) is 2.65. The molecule has 0 spiro atoms. The van der Waals surface area contributed by atoms with Crippen molar-refractivity contribution in [3.05, 3.63) is 34.9 Å². The van der Waals surface area contributed by atoms with Crippen LogP contribution in [-0.2, 0) is 0 Å². The lowest BCUT2D eigenvalue weighted by molar-refractivity contribution is 0.194. The van der Waals surface area contributed by atoms with Gasteiger partial charge < -0.3 is 15.1 Å². The summed E-state index contributed by atoms with van der Waals surface area (Å²) in [6.45, 7) is 6.60. The fraction of sp³-hybridized carbons (Fsp3) is 0.533. The Balaban J connectivity index is 2.14. The molecular weight excluding hydrogens is 238 g/mol. The second-order valence-corrected chi connectivity index (χ2v) is 5.35. The summed E-state index contributed by atoms with van der Waals surface area (Å²) < 4.78 is 0. The van der Waals surface area contributed by atoms with Crippen LogP contribution >= 0.6 is 0 Å². The highest BCUT2D eigenvalue weighted by Crippen LogP contribution is 2.21. The van der Waals surface area contributed by atoms with Crippen molar-refractivity contribution in [2.75, 3.05) is 33.7 Å². The van der Waals surface area contributed by atoms with Gasteiger partial charge in [0.2, 0.25) is 0 Å². The van der Waals surface area contributed by atoms with Gasteiger partial charge in [0.05, 0.1) is 0 Å². The third-order valence-corrected chi connectivity index (χ3v) is 3.85. The van der Waals surface area contributed by atoms with Crippen LogP contribution in [0.2, 0.25) is 0 Å². The van der Waals surface area contributed by atoms with Crippen LogP contribution in [0.3, 0.4) is 0 Å². The Morgan fingerprint density at radius 2 is 2.05 bits per heavy atom. The van der Waals surface area contributed by atoms with Crippen molar-refractivity contribution in [2.45, 2.75) is 19.9 Å². The first-order chi connectivity index (χ1) is 9.02. The molecule has 0 aromatic heterocycles. The second kappa shape index (κ2) is 5.61. The molecule has 1 N–H and O–H groups in total. The molecule has 1 atom stereocenters. The summed E-state index contributed by atoms with van der Waals surface area (Å²) in [4.78, 5) is 15.6. The highest BCUT2D eigenvalue weighted by Gasteiger charge is 2.27. The van der Waals surface area contributed by atoms with Gasteiger partial charge in [0, 0.05) is 32.7 Å². The Kier molecular flexibility index (Phi) is 4.10. The maximum Gasteiger partial charge on any atom is 0.319 e. The van der Waals surface area contributed by atoms with E-state index in [2.05, 4.69) is 37.4 Å². The molecule has 0 radical (unpaired) electrons. The van der Waals surface area contributed by atoms with E-state index in [1.807, 2.05) is 19.0 Å². The Labute approximate surface area is 115 Å². The molecule has 2 rings (SSSR count). The minimum atomic E-state index is 0.130. The molecule has 4 heteroatoms. The third kappa shape index (κ3) is 2.89. The number of amides is 2. The molecule has 0 aliphatic carbocycles. The maximum atomic E-state index is 12.0. The summed E-state index contributed by atoms with van der Waals surface area (Å²) in [7, 11) is 3.81. The van der Waals surface area contributed by atoms with E-state index in [-0.39, 0.29) is 12.1 Å². The molecule has 1 aromatic carbocycles. The molecule has 0 bridgehead atoms. The van der Waals surface area contributed by atoms with Gasteiger partial charge in [-0.3, -0.25) is 0 Å². The molecule has 1 heterocycles. The molecule has 1 aromatic rings. The molecule has 1 saturated heterocycles. The highest BCUT2D eigenvalue weighted by atomic mass is 16.2. The molecule has 0 saturated carbocycles. The van der Waals surface area contributed by atoms with Gasteiger partial charge >= 0.3 is 6.03 Å². The van der Waals surface area contributed by atoms with Crippen molar-refractivity contribution < 1.29 is 4.79 Å². The number of carbonyl (C=O) groups excluding carboxylic acids is 1. The average Bonchev–Trinajstić information content (AvgIpc) is 2.68. The number of rotatable bonds is 4. The number of hydrogen-bond acceptors (Lipinski definition) is 2. The Bertz CT molecular complexity index is 472. The first-order valence-electron chi connectivity index (χ1n) is 6.77. The fourth-order valence-electron chi connectivity index (χ4n) is 2.65. The number of nitrogens with one attached hydrogen (secondary N) is 1. The van der Waals surface area contributed by atoms with E-state index in [0.29, 0.717) is 0 Å². The zero-order chi connectivity index (χ0) is 14.0. The lowest BCUT2D eigenvalue weighted by Gasteiger charge is -2.25. The SMILES string of the molecule is CNC(CN1CCN(C)C1=O)c1ccc(C)cc1C. The van der Waals surface area contributed by atoms with Gasteiger partial charge in [0.1, 0.15) is 0 Å². The van der Waals surface area contributed by atoms with E-state index in [1.165, 1.54) is 16.7 Å². The van der Waals surface area contributed by atoms with Crippen LogP contribution in [0.25, 0.3) is 0 Å². The summed E-state index contributed by atoms with van der Waals surface area (Å²) in [5, 5.41) is 3.33. The lowest BCUT2D eigenvalue weighted by atomic mass is 9.99.